The first-order valence-electron chi connectivity index (χ1n) is 4.89. The van der Waals surface area contributed by atoms with Crippen LogP contribution in [0.4, 0.5) is 0 Å². The number of phenolic OH excluding ortho intramolecular Hbond substituents is 1. The molecule has 0 saturated carbocycles. The fourth-order valence-electron chi connectivity index (χ4n) is 1.49. The molecule has 3 heteroatoms. The summed E-state index contributed by atoms with van der Waals surface area (Å²) in [7, 11) is 0. The minimum atomic E-state index is 0.0383. The molecule has 2 aromatic carbocycles. The van der Waals surface area contributed by atoms with Gasteiger partial charge in [-0.3, -0.25) is 0 Å². The van der Waals surface area contributed by atoms with Crippen molar-refractivity contribution in [3.63, 3.8) is 0 Å². The van der Waals surface area contributed by atoms with Crippen LogP contribution in [0.25, 0.3) is 11.1 Å². The number of aliphatic hydroxyl groups excluding tert-OH is 1. The molecule has 0 bridgehead atoms. The topological polar surface area (TPSA) is 40.5 Å². The summed E-state index contributed by atoms with van der Waals surface area (Å²) in [5.41, 5.74) is 2.81. The van der Waals surface area contributed by atoms with Crippen molar-refractivity contribution in [1.82, 2.24) is 0 Å². The fourth-order valence-corrected chi connectivity index (χ4v) is 1.67. The van der Waals surface area contributed by atoms with E-state index in [0.717, 1.165) is 16.7 Å². The van der Waals surface area contributed by atoms with E-state index in [2.05, 4.69) is 0 Å². The molecule has 0 aliphatic rings. The first-order valence-corrected chi connectivity index (χ1v) is 5.27. The monoisotopic (exact) mass is 234 g/mol. The molecule has 82 valence electrons. The summed E-state index contributed by atoms with van der Waals surface area (Å²) in [6.07, 6.45) is 0. The Balaban J connectivity index is 2.38. The van der Waals surface area contributed by atoms with Crippen LogP contribution < -0.4 is 0 Å². The van der Waals surface area contributed by atoms with Crippen molar-refractivity contribution < 1.29 is 10.2 Å². The Kier molecular flexibility index (Phi) is 3.13. The van der Waals surface area contributed by atoms with Crippen LogP contribution in [0.5, 0.6) is 5.75 Å². The largest absolute Gasteiger partial charge is 0.506 e. The van der Waals surface area contributed by atoms with Crippen LogP contribution in [-0.4, -0.2) is 10.2 Å². The van der Waals surface area contributed by atoms with Gasteiger partial charge >= 0.3 is 0 Å². The molecule has 2 nitrogen and oxygen atoms in total. The highest BCUT2D eigenvalue weighted by atomic mass is 35.5. The number of hydrogen-bond donors (Lipinski definition) is 2. The molecule has 0 spiro atoms. The Morgan fingerprint density at radius 3 is 2.12 bits per heavy atom. The summed E-state index contributed by atoms with van der Waals surface area (Å²) in [4.78, 5) is 0. The second-order valence-electron chi connectivity index (χ2n) is 3.52. The summed E-state index contributed by atoms with van der Waals surface area (Å²) in [5.74, 6) is 0.0809. The molecule has 0 radical (unpaired) electrons. The van der Waals surface area contributed by atoms with Gasteiger partial charge in [-0.15, -0.1) is 0 Å². The Bertz CT molecular complexity index is 492. The Labute approximate surface area is 98.7 Å². The van der Waals surface area contributed by atoms with Gasteiger partial charge in [-0.2, -0.15) is 0 Å². The lowest BCUT2D eigenvalue weighted by atomic mass is 10.0. The third kappa shape index (κ3) is 2.18. The number of benzene rings is 2. The normalized spacial score (nSPS) is 10.4. The lowest BCUT2D eigenvalue weighted by molar-refractivity contribution is 0.282. The first kappa shape index (κ1) is 11.0. The smallest absolute Gasteiger partial charge is 0.134 e. The van der Waals surface area contributed by atoms with E-state index in [9.17, 15) is 5.11 Å². The van der Waals surface area contributed by atoms with Crippen LogP contribution in [0.1, 0.15) is 5.56 Å². The average molecular weight is 235 g/mol. The molecule has 0 heterocycles. The Morgan fingerprint density at radius 2 is 1.56 bits per heavy atom. The molecule has 0 unspecified atom stereocenters. The zero-order valence-corrected chi connectivity index (χ0v) is 9.28. The van der Waals surface area contributed by atoms with Gasteiger partial charge in [-0.05, 0) is 28.8 Å². The summed E-state index contributed by atoms with van der Waals surface area (Å²) in [5, 5.41) is 18.6. The van der Waals surface area contributed by atoms with Crippen LogP contribution in [0.15, 0.2) is 42.5 Å². The number of aromatic hydroxyl groups is 1. The van der Waals surface area contributed by atoms with Crippen molar-refractivity contribution in [1.29, 1.82) is 0 Å². The van der Waals surface area contributed by atoms with Gasteiger partial charge in [0.05, 0.1) is 11.6 Å². The molecule has 16 heavy (non-hydrogen) atoms. The summed E-state index contributed by atoms with van der Waals surface area (Å²) >= 11 is 5.83. The minimum absolute atomic E-state index is 0.0383. The highest BCUT2D eigenvalue weighted by Crippen LogP contribution is 2.29. The van der Waals surface area contributed by atoms with E-state index >= 15 is 0 Å². The third-order valence-corrected chi connectivity index (χ3v) is 2.72. The molecule has 2 aromatic rings. The molecule has 0 saturated heterocycles. The number of rotatable bonds is 2. The zero-order valence-electron chi connectivity index (χ0n) is 8.52. The van der Waals surface area contributed by atoms with E-state index in [-0.39, 0.29) is 12.4 Å². The van der Waals surface area contributed by atoms with Gasteiger partial charge in [-0.25, -0.2) is 0 Å². The predicted octanol–water partition coefficient (Wildman–Crippen LogP) is 3.20. The lowest BCUT2D eigenvalue weighted by Crippen LogP contribution is -1.83. The number of aliphatic hydroxyl groups is 1. The number of hydrogen-bond acceptors (Lipinski definition) is 2. The summed E-state index contributed by atoms with van der Waals surface area (Å²) < 4.78 is 0. The van der Waals surface area contributed by atoms with Gasteiger partial charge in [-0.1, -0.05) is 41.9 Å². The van der Waals surface area contributed by atoms with E-state index in [4.69, 9.17) is 16.7 Å². The van der Waals surface area contributed by atoms with E-state index in [1.54, 1.807) is 18.2 Å². The molecule has 0 atom stereocenters. The SMILES string of the molecule is OCc1ccc(-c2ccc(O)c(Cl)c2)cc1. The number of phenols is 1. The van der Waals surface area contributed by atoms with Crippen LogP contribution in [0, 0.1) is 0 Å². The first-order chi connectivity index (χ1) is 7.70. The van der Waals surface area contributed by atoms with E-state index in [1.807, 2.05) is 24.3 Å². The summed E-state index contributed by atoms with van der Waals surface area (Å²) in [6, 6.07) is 12.6. The van der Waals surface area contributed by atoms with Crippen molar-refractivity contribution in [2.75, 3.05) is 0 Å². The molecule has 2 rings (SSSR count). The standard InChI is InChI=1S/C13H11ClO2/c14-12-7-11(5-6-13(12)16)10-3-1-9(8-15)2-4-10/h1-7,15-16H,8H2. The van der Waals surface area contributed by atoms with Gasteiger partial charge in [0.15, 0.2) is 0 Å². The molecular weight excluding hydrogens is 224 g/mol. The zero-order chi connectivity index (χ0) is 11.5. The van der Waals surface area contributed by atoms with Crippen molar-refractivity contribution in [3.05, 3.63) is 53.1 Å². The maximum absolute atomic E-state index is 9.31. The van der Waals surface area contributed by atoms with Gasteiger partial charge < -0.3 is 10.2 Å². The predicted molar refractivity (Wildman–Crippen MR) is 64.5 cm³/mol. The fraction of sp³-hybridized carbons (Fsp3) is 0.0769. The molecule has 0 aliphatic heterocycles. The minimum Gasteiger partial charge on any atom is -0.506 e. The van der Waals surface area contributed by atoms with Crippen molar-refractivity contribution >= 4 is 11.6 Å². The molecule has 0 amide bonds. The second-order valence-corrected chi connectivity index (χ2v) is 3.93. The molecule has 0 aromatic heterocycles. The molecule has 0 aliphatic carbocycles. The van der Waals surface area contributed by atoms with Crippen molar-refractivity contribution in [3.8, 4) is 16.9 Å². The highest BCUT2D eigenvalue weighted by Gasteiger charge is 2.02. The summed E-state index contributed by atoms with van der Waals surface area (Å²) in [6.45, 7) is 0.0383. The maximum Gasteiger partial charge on any atom is 0.134 e. The van der Waals surface area contributed by atoms with Crippen LogP contribution in [-0.2, 0) is 6.61 Å². The number of halogens is 1. The second kappa shape index (κ2) is 4.56. The van der Waals surface area contributed by atoms with E-state index < -0.39 is 0 Å². The molecular formula is C13H11ClO2. The van der Waals surface area contributed by atoms with E-state index in [0.29, 0.717) is 5.02 Å². The Morgan fingerprint density at radius 1 is 0.938 bits per heavy atom. The van der Waals surface area contributed by atoms with Crippen LogP contribution >= 0.6 is 11.6 Å². The van der Waals surface area contributed by atoms with E-state index in [1.165, 1.54) is 0 Å². The lowest BCUT2D eigenvalue weighted by Gasteiger charge is -2.04. The quantitative estimate of drug-likeness (QED) is 0.838. The molecule has 0 fully saturated rings. The highest BCUT2D eigenvalue weighted by molar-refractivity contribution is 6.32. The van der Waals surface area contributed by atoms with Crippen LogP contribution in [0.3, 0.4) is 0 Å². The molecule has 2 N–H and O–H groups in total. The van der Waals surface area contributed by atoms with Gasteiger partial charge in [0.2, 0.25) is 0 Å². The van der Waals surface area contributed by atoms with Gasteiger partial charge in [0.25, 0.3) is 0 Å². The average Bonchev–Trinajstić information content (AvgIpc) is 2.33. The third-order valence-electron chi connectivity index (χ3n) is 2.42. The van der Waals surface area contributed by atoms with Gasteiger partial charge in [0, 0.05) is 0 Å². The van der Waals surface area contributed by atoms with Gasteiger partial charge in [0.1, 0.15) is 5.75 Å². The van der Waals surface area contributed by atoms with Crippen molar-refractivity contribution in [2.45, 2.75) is 6.61 Å². The maximum atomic E-state index is 9.31. The van der Waals surface area contributed by atoms with Crippen LogP contribution in [0.2, 0.25) is 5.02 Å². The Hall–Kier alpha value is -1.51. The van der Waals surface area contributed by atoms with Crippen molar-refractivity contribution in [2.24, 2.45) is 0 Å².